The van der Waals surface area contributed by atoms with Crippen LogP contribution in [0.1, 0.15) is 31.2 Å². The topological polar surface area (TPSA) is 43.2 Å². The van der Waals surface area contributed by atoms with Crippen molar-refractivity contribution < 1.29 is 4.74 Å². The van der Waals surface area contributed by atoms with Crippen LogP contribution in [0, 0.1) is 5.92 Å². The Morgan fingerprint density at radius 1 is 1.03 bits per heavy atom. The zero-order valence-electron chi connectivity index (χ0n) is 17.6. The molecule has 1 aliphatic carbocycles. The van der Waals surface area contributed by atoms with Crippen LogP contribution < -0.4 is 4.74 Å². The number of ether oxygens (including phenoxy) is 1. The van der Waals surface area contributed by atoms with Gasteiger partial charge >= 0.3 is 0 Å². The van der Waals surface area contributed by atoms with Crippen molar-refractivity contribution in [3.63, 3.8) is 0 Å². The molecular weight excluding hydrogens is 360 g/mol. The third kappa shape index (κ3) is 4.67. The first-order valence-electron chi connectivity index (χ1n) is 10.5. The Balaban J connectivity index is 1.70. The predicted molar refractivity (Wildman–Crippen MR) is 117 cm³/mol. The Morgan fingerprint density at radius 2 is 1.79 bits per heavy atom. The molecule has 1 aliphatic rings. The predicted octanol–water partition coefficient (Wildman–Crippen LogP) is 4.87. The quantitative estimate of drug-likeness (QED) is 0.577. The third-order valence-electron chi connectivity index (χ3n) is 5.61. The molecule has 5 nitrogen and oxygen atoms in total. The minimum absolute atomic E-state index is 0.696. The zero-order valence-corrected chi connectivity index (χ0v) is 17.6. The van der Waals surface area contributed by atoms with E-state index in [-0.39, 0.29) is 0 Å². The van der Waals surface area contributed by atoms with E-state index >= 15 is 0 Å². The SMILES string of the molecule is COc1ccc(-c2nc(-c3cccc(CN(C)C)c3)nn2CC2CCCC2)cc1. The van der Waals surface area contributed by atoms with Gasteiger partial charge in [0, 0.05) is 24.2 Å². The average molecular weight is 391 g/mol. The van der Waals surface area contributed by atoms with Gasteiger partial charge in [-0.25, -0.2) is 9.67 Å². The van der Waals surface area contributed by atoms with Crippen LogP contribution in [0.2, 0.25) is 0 Å². The first-order chi connectivity index (χ1) is 14.1. The Labute approximate surface area is 173 Å². The van der Waals surface area contributed by atoms with E-state index in [9.17, 15) is 0 Å². The van der Waals surface area contributed by atoms with E-state index in [0.29, 0.717) is 5.92 Å². The fraction of sp³-hybridized carbons (Fsp3) is 0.417. The Hall–Kier alpha value is -2.66. The van der Waals surface area contributed by atoms with Gasteiger partial charge in [0.05, 0.1) is 7.11 Å². The number of hydrogen-bond acceptors (Lipinski definition) is 4. The van der Waals surface area contributed by atoms with Gasteiger partial charge < -0.3 is 9.64 Å². The van der Waals surface area contributed by atoms with E-state index < -0.39 is 0 Å². The fourth-order valence-corrected chi connectivity index (χ4v) is 4.16. The van der Waals surface area contributed by atoms with E-state index in [4.69, 9.17) is 14.8 Å². The van der Waals surface area contributed by atoms with E-state index in [2.05, 4.69) is 60.1 Å². The highest BCUT2D eigenvalue weighted by Crippen LogP contribution is 2.30. The highest BCUT2D eigenvalue weighted by molar-refractivity contribution is 5.62. The standard InChI is InChI=1S/C24H30N4O/c1-27(2)16-19-9-6-10-21(15-19)23-25-24(20-11-13-22(29-3)14-12-20)28(26-23)17-18-7-4-5-8-18/h6,9-15,18H,4-5,7-8,16-17H2,1-3H3. The average Bonchev–Trinajstić information content (AvgIpc) is 3.38. The molecule has 0 N–H and O–H groups in total. The summed E-state index contributed by atoms with van der Waals surface area (Å²) in [4.78, 5) is 7.14. The summed E-state index contributed by atoms with van der Waals surface area (Å²) in [5.74, 6) is 3.29. The van der Waals surface area contributed by atoms with Gasteiger partial charge in [-0.2, -0.15) is 5.10 Å². The molecule has 0 unspecified atom stereocenters. The number of aromatic nitrogens is 3. The second-order valence-electron chi connectivity index (χ2n) is 8.26. The van der Waals surface area contributed by atoms with Gasteiger partial charge in [-0.05, 0) is 68.8 Å². The van der Waals surface area contributed by atoms with Crippen molar-refractivity contribution in [2.75, 3.05) is 21.2 Å². The minimum atomic E-state index is 0.696. The summed E-state index contributed by atoms with van der Waals surface area (Å²) in [5.41, 5.74) is 3.42. The molecule has 0 atom stereocenters. The first kappa shape index (κ1) is 19.6. The minimum Gasteiger partial charge on any atom is -0.497 e. The maximum atomic E-state index is 5.32. The van der Waals surface area contributed by atoms with Gasteiger partial charge in [0.25, 0.3) is 0 Å². The molecule has 2 aromatic carbocycles. The monoisotopic (exact) mass is 390 g/mol. The van der Waals surface area contributed by atoms with Crippen LogP contribution in [0.4, 0.5) is 0 Å². The van der Waals surface area contributed by atoms with Crippen molar-refractivity contribution in [1.82, 2.24) is 19.7 Å². The van der Waals surface area contributed by atoms with Gasteiger partial charge in [0.1, 0.15) is 5.75 Å². The number of benzene rings is 2. The van der Waals surface area contributed by atoms with Gasteiger partial charge in [0.15, 0.2) is 11.6 Å². The summed E-state index contributed by atoms with van der Waals surface area (Å²) < 4.78 is 7.43. The second-order valence-corrected chi connectivity index (χ2v) is 8.26. The van der Waals surface area contributed by atoms with Gasteiger partial charge in [0.2, 0.25) is 0 Å². The van der Waals surface area contributed by atoms with Crippen LogP contribution in [0.25, 0.3) is 22.8 Å². The lowest BCUT2D eigenvalue weighted by Gasteiger charge is -2.11. The molecule has 1 saturated carbocycles. The number of methoxy groups -OCH3 is 1. The lowest BCUT2D eigenvalue weighted by Crippen LogP contribution is -2.11. The summed E-state index contributed by atoms with van der Waals surface area (Å²) >= 11 is 0. The second kappa shape index (κ2) is 8.78. The summed E-state index contributed by atoms with van der Waals surface area (Å²) in [6.45, 7) is 1.84. The van der Waals surface area contributed by atoms with Crippen LogP contribution in [0.3, 0.4) is 0 Å². The van der Waals surface area contributed by atoms with Crippen molar-refractivity contribution in [2.24, 2.45) is 5.92 Å². The first-order valence-corrected chi connectivity index (χ1v) is 10.5. The summed E-state index contributed by atoms with van der Waals surface area (Å²) in [7, 11) is 5.86. The van der Waals surface area contributed by atoms with Crippen molar-refractivity contribution in [1.29, 1.82) is 0 Å². The molecule has 0 aliphatic heterocycles. The molecule has 0 radical (unpaired) electrons. The van der Waals surface area contributed by atoms with Crippen molar-refractivity contribution in [3.05, 3.63) is 54.1 Å². The Morgan fingerprint density at radius 3 is 2.48 bits per heavy atom. The van der Waals surface area contributed by atoms with E-state index in [1.807, 2.05) is 12.1 Å². The smallest absolute Gasteiger partial charge is 0.181 e. The molecule has 1 aromatic heterocycles. The van der Waals surface area contributed by atoms with Gasteiger partial charge in [-0.3, -0.25) is 0 Å². The van der Waals surface area contributed by atoms with E-state index in [1.165, 1.54) is 31.2 Å². The van der Waals surface area contributed by atoms with Crippen molar-refractivity contribution in [3.8, 4) is 28.5 Å². The molecule has 4 rings (SSSR count). The molecule has 152 valence electrons. The van der Waals surface area contributed by atoms with Crippen LogP contribution in [0.15, 0.2) is 48.5 Å². The summed E-state index contributed by atoms with van der Waals surface area (Å²) in [5, 5.41) is 4.94. The molecule has 0 bridgehead atoms. The zero-order chi connectivity index (χ0) is 20.2. The third-order valence-corrected chi connectivity index (χ3v) is 5.61. The van der Waals surface area contributed by atoms with Crippen LogP contribution in [-0.4, -0.2) is 40.9 Å². The lowest BCUT2D eigenvalue weighted by atomic mass is 10.1. The lowest BCUT2D eigenvalue weighted by molar-refractivity contribution is 0.402. The van der Waals surface area contributed by atoms with E-state index in [1.54, 1.807) is 7.11 Å². The normalized spacial score (nSPS) is 14.6. The molecule has 0 amide bonds. The molecule has 0 saturated heterocycles. The molecular formula is C24H30N4O. The highest BCUT2D eigenvalue weighted by Gasteiger charge is 2.20. The molecule has 0 spiro atoms. The highest BCUT2D eigenvalue weighted by atomic mass is 16.5. The van der Waals surface area contributed by atoms with Gasteiger partial charge in [-0.15, -0.1) is 0 Å². The van der Waals surface area contributed by atoms with Gasteiger partial charge in [-0.1, -0.05) is 31.0 Å². The van der Waals surface area contributed by atoms with Crippen molar-refractivity contribution >= 4 is 0 Å². The maximum absolute atomic E-state index is 5.32. The van der Waals surface area contributed by atoms with E-state index in [0.717, 1.165) is 41.6 Å². The van der Waals surface area contributed by atoms with Crippen LogP contribution in [-0.2, 0) is 13.1 Å². The van der Waals surface area contributed by atoms with Crippen LogP contribution in [0.5, 0.6) is 5.75 Å². The summed E-state index contributed by atoms with van der Waals surface area (Å²) in [6.07, 6.45) is 5.23. The number of rotatable bonds is 7. The molecule has 5 heteroatoms. The number of hydrogen-bond donors (Lipinski definition) is 0. The fourth-order valence-electron chi connectivity index (χ4n) is 4.16. The molecule has 3 aromatic rings. The molecule has 1 fully saturated rings. The molecule has 1 heterocycles. The Kier molecular flexibility index (Phi) is 5.95. The maximum Gasteiger partial charge on any atom is 0.181 e. The van der Waals surface area contributed by atoms with Crippen LogP contribution >= 0.6 is 0 Å². The molecule has 29 heavy (non-hydrogen) atoms. The summed E-state index contributed by atoms with van der Waals surface area (Å²) in [6, 6.07) is 16.7. The van der Waals surface area contributed by atoms with Crippen molar-refractivity contribution in [2.45, 2.75) is 38.8 Å². The largest absolute Gasteiger partial charge is 0.497 e. The Bertz CT molecular complexity index is 940. The number of nitrogens with zero attached hydrogens (tertiary/aromatic N) is 4.